The van der Waals surface area contributed by atoms with Gasteiger partial charge in [0.2, 0.25) is 0 Å². The number of hydrogen-bond acceptors (Lipinski definition) is 6. The van der Waals surface area contributed by atoms with Crippen LogP contribution < -0.4 is 0 Å². The molecule has 0 aromatic heterocycles. The van der Waals surface area contributed by atoms with Crippen molar-refractivity contribution in [1.29, 1.82) is 0 Å². The summed E-state index contributed by atoms with van der Waals surface area (Å²) in [6.07, 6.45) is 0. The molecule has 7 heavy (non-hydrogen) atoms. The van der Waals surface area contributed by atoms with Gasteiger partial charge < -0.3 is 0 Å². The monoisotopic (exact) mass is 135 g/mol. The minimum absolute atomic E-state index is 8.70. The molecule has 0 aliphatic carbocycles. The first-order valence-corrected chi connectivity index (χ1v) is 10.1. The van der Waals surface area contributed by atoms with Gasteiger partial charge in [-0.1, -0.05) is 0 Å². The molecule has 0 saturated carbocycles. The Balaban J connectivity index is 8.86. The fourth-order valence-electron chi connectivity index (χ4n) is 0. The van der Waals surface area contributed by atoms with E-state index in [-0.39, 0.29) is 0 Å². The Hall–Kier alpha value is 0.436. The number of hydrogen-bond donors (Lipinski definition) is 0. The zero-order chi connectivity index (χ0) is 6.41. The average Bonchev–Trinajstić information content (AvgIpc) is 0.592. The molecule has 0 saturated heterocycles. The van der Waals surface area contributed by atoms with Gasteiger partial charge in [-0.2, -0.15) is 0 Å². The Bertz CT molecular complexity index is 432. The minimum atomic E-state index is -9.98. The Morgan fingerprint density at radius 2 is 0.571 bits per heavy atom. The summed E-state index contributed by atoms with van der Waals surface area (Å²) in [6.45, 7) is 0. The molecule has 0 radical (unpaired) electrons. The summed E-state index contributed by atoms with van der Waals surface area (Å²) in [7, 11) is 0. The molecule has 0 rings (SSSR count). The predicted octanol–water partition coefficient (Wildman–Crippen LogP) is -1.09. The van der Waals surface area contributed by atoms with Gasteiger partial charge in [-0.05, 0) is 0 Å². The van der Waals surface area contributed by atoms with Crippen LogP contribution in [0.2, 0.25) is 0 Å². The van der Waals surface area contributed by atoms with E-state index in [4.69, 9.17) is -1.68 Å². The predicted molar refractivity (Wildman–Crippen MR) is 9.87 cm³/mol. The van der Waals surface area contributed by atoms with Gasteiger partial charge in [0.15, 0.2) is 0 Å². The van der Waals surface area contributed by atoms with Crippen molar-refractivity contribution in [2.45, 2.75) is 0 Å². The second-order valence-corrected chi connectivity index (χ2v) is 10.3. The fourth-order valence-corrected chi connectivity index (χ4v) is 0. The molecule has 0 fully saturated rings. The molecule has 0 spiro atoms. The fraction of sp³-hybridized carbons (Fsp3) is 0. The van der Waals surface area contributed by atoms with Crippen LogP contribution in [0.4, 0.5) is 0 Å². The summed E-state index contributed by atoms with van der Waals surface area (Å²) in [5.74, 6) is 0. The molecule has 0 bridgehead atoms. The Labute approximate surface area is 35.2 Å². The zero-order valence-corrected chi connectivity index (χ0v) is 6.57. The van der Waals surface area contributed by atoms with Crippen LogP contribution in [0, 0.1) is 0 Å². The molecule has 6 nitrogen and oxygen atoms in total. The van der Waals surface area contributed by atoms with Crippen molar-refractivity contribution in [2.24, 2.45) is 0 Å². The molecule has 0 unspecified atom stereocenters. The Kier molecular flexibility index (Phi) is 0.848. The van der Waals surface area contributed by atoms with Crippen molar-refractivity contribution >= 4 is 38.0 Å². The third-order valence-electron chi connectivity index (χ3n) is 0. The van der Waals surface area contributed by atoms with Gasteiger partial charge in [0.1, 0.15) is 0 Å². The molecule has 0 atom stereocenters. The summed E-state index contributed by atoms with van der Waals surface area (Å²) in [5, 5.41) is 0. The summed E-state index contributed by atoms with van der Waals surface area (Å²) in [4.78, 5) is 0. The van der Waals surface area contributed by atoms with E-state index >= 15 is 0 Å². The van der Waals surface area contributed by atoms with E-state index < -0.39 is 38.0 Å². The average molecular weight is 135 g/mol. The van der Waals surface area contributed by atoms with Gasteiger partial charge in [0, 0.05) is 0 Å². The van der Waals surface area contributed by atoms with Crippen LogP contribution in [0.1, 0.15) is 0 Å². The van der Waals surface area contributed by atoms with E-state index in [9.17, 15) is 0 Å². The molecule has 7 heteroatoms. The van der Waals surface area contributed by atoms with Crippen LogP contribution in [0.5, 0.6) is 0 Å². The maximum atomic E-state index is 8.70. The maximum absolute atomic E-state index is 9.98. The second kappa shape index (κ2) is 0.798. The van der Waals surface area contributed by atoms with Gasteiger partial charge in [-0.15, -0.1) is 0 Å². The van der Waals surface area contributed by atoms with Gasteiger partial charge >= 0.3 is 36.3 Å². The Morgan fingerprint density at radius 3 is 0.571 bits per heavy atom. The van der Waals surface area contributed by atoms with Crippen LogP contribution in [0.15, 0.2) is 0 Å². The first-order chi connectivity index (χ1) is 2.45. The third kappa shape index (κ3) is 665. The van der Waals surface area contributed by atoms with Crippen molar-refractivity contribution in [2.75, 3.05) is 0 Å². The Morgan fingerprint density at radius 1 is 0.571 bits per heavy atom. The topological polar surface area (TPSA) is 102 Å². The normalized spacial score (nSPS) is 22.3. The van der Waals surface area contributed by atoms with E-state index in [1.807, 2.05) is 0 Å². The van der Waals surface area contributed by atoms with Crippen molar-refractivity contribution in [1.82, 2.24) is 0 Å². The van der Waals surface area contributed by atoms with E-state index in [1.165, 1.54) is 0 Å². The summed E-state index contributed by atoms with van der Waals surface area (Å²) < 4.78 is 52.2. The van der Waals surface area contributed by atoms with Crippen molar-refractivity contribution in [3.63, 3.8) is 0 Å². The summed E-state index contributed by atoms with van der Waals surface area (Å²) in [6, 6.07) is 0. The quantitative estimate of drug-likeness (QED) is 0.391. The molecular formula is KO6. The molecule has 0 N–H and O–H groups in total. The zero-order valence-electron chi connectivity index (χ0n) is 3.45. The van der Waals surface area contributed by atoms with E-state index in [0.29, 0.717) is 0 Å². The molecule has 0 amide bonds. The van der Waals surface area contributed by atoms with Crippen LogP contribution in [-0.2, 0) is -1.68 Å². The molecule has 0 aromatic rings. The van der Waals surface area contributed by atoms with E-state index in [1.54, 1.807) is 0 Å². The molecule has 0 aromatic carbocycles. The van der Waals surface area contributed by atoms with Crippen molar-refractivity contribution < 1.29 is -1.68 Å². The van der Waals surface area contributed by atoms with Gasteiger partial charge in [0.05, 0.1) is 0 Å². The van der Waals surface area contributed by atoms with E-state index in [0.717, 1.165) is 0 Å². The number of rotatable bonds is 0. The summed E-state index contributed by atoms with van der Waals surface area (Å²) in [5.41, 5.74) is 0. The molecule has 0 aliphatic heterocycles. The van der Waals surface area contributed by atoms with Crippen molar-refractivity contribution in [3.05, 3.63) is 0 Å². The first-order valence-electron chi connectivity index (χ1n) is 2.45. The third-order valence-corrected chi connectivity index (χ3v) is 0. The van der Waals surface area contributed by atoms with Gasteiger partial charge in [-0.3, -0.25) is 0 Å². The van der Waals surface area contributed by atoms with Crippen LogP contribution in [-0.4, -0.2) is 38.0 Å². The SMILES string of the molecule is [O]=[K](=[O])(=[O])(=[O])(=[O])=[O]. The molecule has 0 heterocycles. The van der Waals surface area contributed by atoms with Gasteiger partial charge in [-0.25, -0.2) is 0 Å². The molecule has 0 aliphatic rings. The molecule has 37 valence electrons. The molecular weight excluding hydrogens is 135 g/mol. The van der Waals surface area contributed by atoms with Crippen LogP contribution in [0.3, 0.4) is 0 Å². The van der Waals surface area contributed by atoms with E-state index in [2.05, 4.69) is 0 Å². The standard InChI is InChI=1S/K.6O. The summed E-state index contributed by atoms with van der Waals surface area (Å²) >= 11 is -9.98. The van der Waals surface area contributed by atoms with Crippen molar-refractivity contribution in [3.8, 4) is 0 Å². The second-order valence-electron chi connectivity index (χ2n) is 2.50. The van der Waals surface area contributed by atoms with Crippen LogP contribution in [0.25, 0.3) is 0 Å². The first kappa shape index (κ1) is 7.44. The van der Waals surface area contributed by atoms with Gasteiger partial charge in [0.25, 0.3) is 0 Å². The van der Waals surface area contributed by atoms with Crippen LogP contribution >= 0.6 is 0 Å².